The number of carboxylic acid groups (broad SMARTS) is 1. The van der Waals surface area contributed by atoms with E-state index in [1.807, 2.05) is 25.9 Å². The first kappa shape index (κ1) is 14.4. The number of anilines is 1. The second-order valence-corrected chi connectivity index (χ2v) is 4.31. The minimum Gasteiger partial charge on any atom is -0.478 e. The SMILES string of the molecule is CC(CNc1c(F)cc(C(=O)O)cc1F)N(C)C. The van der Waals surface area contributed by atoms with Crippen LogP contribution in [0.3, 0.4) is 0 Å². The minimum atomic E-state index is -1.36. The number of rotatable bonds is 5. The van der Waals surface area contributed by atoms with Crippen LogP contribution in [0, 0.1) is 11.6 Å². The number of hydrogen-bond donors (Lipinski definition) is 2. The van der Waals surface area contributed by atoms with Gasteiger partial charge in [-0.05, 0) is 33.2 Å². The van der Waals surface area contributed by atoms with Crippen LogP contribution in [0.1, 0.15) is 17.3 Å². The average Bonchev–Trinajstić information content (AvgIpc) is 2.26. The third-order valence-corrected chi connectivity index (χ3v) is 2.74. The molecule has 0 aromatic heterocycles. The Morgan fingerprint density at radius 2 is 1.89 bits per heavy atom. The number of carboxylic acids is 1. The average molecular weight is 258 g/mol. The molecule has 0 aliphatic carbocycles. The summed E-state index contributed by atoms with van der Waals surface area (Å²) in [5, 5.41) is 11.3. The molecule has 0 heterocycles. The highest BCUT2D eigenvalue weighted by molar-refractivity contribution is 5.88. The number of benzene rings is 1. The van der Waals surface area contributed by atoms with Gasteiger partial charge in [0.25, 0.3) is 0 Å². The van der Waals surface area contributed by atoms with Gasteiger partial charge in [-0.1, -0.05) is 0 Å². The topological polar surface area (TPSA) is 52.6 Å². The number of carbonyl (C=O) groups is 1. The van der Waals surface area contributed by atoms with Crippen LogP contribution in [0.4, 0.5) is 14.5 Å². The predicted molar refractivity (Wildman–Crippen MR) is 65.0 cm³/mol. The van der Waals surface area contributed by atoms with Crippen LogP contribution in [-0.4, -0.2) is 42.7 Å². The van der Waals surface area contributed by atoms with Gasteiger partial charge in [0.1, 0.15) is 17.3 Å². The number of halogens is 2. The molecule has 0 bridgehead atoms. The van der Waals surface area contributed by atoms with Gasteiger partial charge in [-0.25, -0.2) is 13.6 Å². The van der Waals surface area contributed by atoms with Gasteiger partial charge in [-0.3, -0.25) is 0 Å². The van der Waals surface area contributed by atoms with Crippen LogP contribution in [0.2, 0.25) is 0 Å². The maximum absolute atomic E-state index is 13.5. The Morgan fingerprint density at radius 1 is 1.39 bits per heavy atom. The van der Waals surface area contributed by atoms with Gasteiger partial charge in [0, 0.05) is 12.6 Å². The summed E-state index contributed by atoms with van der Waals surface area (Å²) in [5.41, 5.74) is -0.704. The Labute approximate surface area is 104 Å². The van der Waals surface area contributed by atoms with Gasteiger partial charge in [0.15, 0.2) is 0 Å². The van der Waals surface area contributed by atoms with E-state index in [0.717, 1.165) is 12.1 Å². The molecular weight excluding hydrogens is 242 g/mol. The lowest BCUT2D eigenvalue weighted by atomic mass is 10.2. The van der Waals surface area contributed by atoms with Crippen LogP contribution in [-0.2, 0) is 0 Å². The molecule has 1 atom stereocenters. The lowest BCUT2D eigenvalue weighted by Crippen LogP contribution is -2.31. The summed E-state index contributed by atoms with van der Waals surface area (Å²) in [6, 6.07) is 1.69. The summed E-state index contributed by atoms with van der Waals surface area (Å²) >= 11 is 0. The summed E-state index contributed by atoms with van der Waals surface area (Å²) < 4.78 is 27.1. The van der Waals surface area contributed by atoms with Crippen molar-refractivity contribution in [2.45, 2.75) is 13.0 Å². The molecule has 2 N–H and O–H groups in total. The molecule has 4 nitrogen and oxygen atoms in total. The zero-order valence-corrected chi connectivity index (χ0v) is 10.5. The minimum absolute atomic E-state index is 0.0861. The van der Waals surface area contributed by atoms with E-state index in [4.69, 9.17) is 5.11 Å². The standard InChI is InChI=1S/C12H16F2N2O2/c1-7(16(2)3)6-15-11-9(13)4-8(12(17)18)5-10(11)14/h4-5,7,15H,6H2,1-3H3,(H,17,18). The lowest BCUT2D eigenvalue weighted by molar-refractivity contribution is 0.0696. The quantitative estimate of drug-likeness (QED) is 0.848. The van der Waals surface area contributed by atoms with Crippen molar-refractivity contribution in [3.05, 3.63) is 29.3 Å². The van der Waals surface area contributed by atoms with Crippen LogP contribution in [0.5, 0.6) is 0 Å². The Morgan fingerprint density at radius 3 is 2.28 bits per heavy atom. The highest BCUT2D eigenvalue weighted by atomic mass is 19.1. The van der Waals surface area contributed by atoms with E-state index >= 15 is 0 Å². The first-order valence-electron chi connectivity index (χ1n) is 5.45. The van der Waals surface area contributed by atoms with Crippen molar-refractivity contribution in [2.24, 2.45) is 0 Å². The lowest BCUT2D eigenvalue weighted by Gasteiger charge is -2.21. The number of nitrogens with one attached hydrogen (secondary N) is 1. The van der Waals surface area contributed by atoms with E-state index in [9.17, 15) is 13.6 Å². The second kappa shape index (κ2) is 5.77. The smallest absolute Gasteiger partial charge is 0.335 e. The number of aromatic carboxylic acids is 1. The fourth-order valence-corrected chi connectivity index (χ4v) is 1.30. The summed E-state index contributed by atoms with van der Waals surface area (Å²) in [6.07, 6.45) is 0. The highest BCUT2D eigenvalue weighted by Crippen LogP contribution is 2.21. The first-order valence-corrected chi connectivity index (χ1v) is 5.45. The largest absolute Gasteiger partial charge is 0.478 e. The molecule has 1 unspecified atom stereocenters. The van der Waals surface area contributed by atoms with Crippen LogP contribution in [0.25, 0.3) is 0 Å². The second-order valence-electron chi connectivity index (χ2n) is 4.31. The van der Waals surface area contributed by atoms with Crippen LogP contribution >= 0.6 is 0 Å². The van der Waals surface area contributed by atoms with Crippen LogP contribution in [0.15, 0.2) is 12.1 Å². The molecule has 0 saturated heterocycles. The van der Waals surface area contributed by atoms with Crippen molar-refractivity contribution in [1.29, 1.82) is 0 Å². The van der Waals surface area contributed by atoms with Gasteiger partial charge < -0.3 is 15.3 Å². The van der Waals surface area contributed by atoms with Crippen molar-refractivity contribution in [3.8, 4) is 0 Å². The molecular formula is C12H16F2N2O2. The third kappa shape index (κ3) is 3.40. The van der Waals surface area contributed by atoms with Gasteiger partial charge in [0.2, 0.25) is 0 Å². The number of nitrogens with zero attached hydrogens (tertiary/aromatic N) is 1. The normalized spacial score (nSPS) is 12.6. The van der Waals surface area contributed by atoms with E-state index in [0.29, 0.717) is 6.54 Å². The van der Waals surface area contributed by atoms with Crippen molar-refractivity contribution in [2.75, 3.05) is 26.0 Å². The van der Waals surface area contributed by atoms with Gasteiger partial charge in [0.05, 0.1) is 5.56 Å². The molecule has 1 aromatic rings. The Hall–Kier alpha value is -1.69. The van der Waals surface area contributed by atoms with E-state index in [2.05, 4.69) is 5.32 Å². The molecule has 1 rings (SSSR count). The maximum Gasteiger partial charge on any atom is 0.335 e. The molecule has 0 aliphatic heterocycles. The Bertz CT molecular complexity index is 427. The fourth-order valence-electron chi connectivity index (χ4n) is 1.30. The van der Waals surface area contributed by atoms with Crippen molar-refractivity contribution < 1.29 is 18.7 Å². The van der Waals surface area contributed by atoms with Crippen molar-refractivity contribution >= 4 is 11.7 Å². The van der Waals surface area contributed by atoms with E-state index in [1.54, 1.807) is 0 Å². The predicted octanol–water partition coefficient (Wildman–Crippen LogP) is 2.03. The molecule has 0 radical (unpaired) electrons. The summed E-state index contributed by atoms with van der Waals surface area (Å²) in [6.45, 7) is 2.25. The van der Waals surface area contributed by atoms with Gasteiger partial charge in [-0.15, -0.1) is 0 Å². The maximum atomic E-state index is 13.5. The fraction of sp³-hybridized carbons (Fsp3) is 0.417. The molecule has 0 spiro atoms. The van der Waals surface area contributed by atoms with Crippen molar-refractivity contribution in [3.63, 3.8) is 0 Å². The van der Waals surface area contributed by atoms with Gasteiger partial charge >= 0.3 is 5.97 Å². The third-order valence-electron chi connectivity index (χ3n) is 2.74. The van der Waals surface area contributed by atoms with E-state index < -0.39 is 23.2 Å². The molecule has 0 aliphatic rings. The highest BCUT2D eigenvalue weighted by Gasteiger charge is 2.15. The van der Waals surface area contributed by atoms with Crippen molar-refractivity contribution in [1.82, 2.24) is 4.90 Å². The summed E-state index contributed by atoms with van der Waals surface area (Å²) in [4.78, 5) is 12.5. The zero-order valence-electron chi connectivity index (χ0n) is 10.5. The number of likely N-dealkylation sites (N-methyl/N-ethyl adjacent to an activating group) is 1. The molecule has 0 saturated carbocycles. The van der Waals surface area contributed by atoms with E-state index in [-0.39, 0.29) is 11.7 Å². The molecule has 0 amide bonds. The molecule has 6 heteroatoms. The summed E-state index contributed by atoms with van der Waals surface area (Å²) in [7, 11) is 3.71. The molecule has 1 aromatic carbocycles. The van der Waals surface area contributed by atoms with E-state index in [1.165, 1.54) is 0 Å². The Kier molecular flexibility index (Phi) is 4.61. The Balaban J connectivity index is 2.87. The molecule has 100 valence electrons. The molecule has 18 heavy (non-hydrogen) atoms. The monoisotopic (exact) mass is 258 g/mol. The molecule has 0 fully saturated rings. The summed E-state index contributed by atoms with van der Waals surface area (Å²) in [5.74, 6) is -3.17. The zero-order chi connectivity index (χ0) is 13.9. The van der Waals surface area contributed by atoms with Gasteiger partial charge in [-0.2, -0.15) is 0 Å². The number of hydrogen-bond acceptors (Lipinski definition) is 3. The van der Waals surface area contributed by atoms with Crippen LogP contribution < -0.4 is 5.32 Å². The first-order chi connectivity index (χ1) is 8.32.